The van der Waals surface area contributed by atoms with E-state index in [2.05, 4.69) is 35.2 Å². The Kier molecular flexibility index (Phi) is 6.36. The molecule has 1 aliphatic heterocycles. The summed E-state index contributed by atoms with van der Waals surface area (Å²) < 4.78 is 5.32. The fourth-order valence-electron chi connectivity index (χ4n) is 4.39. The van der Waals surface area contributed by atoms with Gasteiger partial charge in [0.25, 0.3) is 0 Å². The van der Waals surface area contributed by atoms with Crippen molar-refractivity contribution in [2.24, 2.45) is 0 Å². The van der Waals surface area contributed by atoms with Crippen LogP contribution < -0.4 is 4.74 Å². The first-order valence-electron chi connectivity index (χ1n) is 10.5. The Labute approximate surface area is 178 Å². The lowest BCUT2D eigenvalue weighted by Gasteiger charge is -2.32. The van der Waals surface area contributed by atoms with Crippen molar-refractivity contribution >= 4 is 0 Å². The van der Waals surface area contributed by atoms with Crippen molar-refractivity contribution in [3.8, 4) is 22.6 Å². The Morgan fingerprint density at radius 1 is 0.933 bits per heavy atom. The smallest absolute Gasteiger partial charge is 0.124 e. The van der Waals surface area contributed by atoms with Crippen LogP contribution >= 0.6 is 0 Å². The number of rotatable bonds is 6. The second-order valence-corrected chi connectivity index (χ2v) is 8.03. The van der Waals surface area contributed by atoms with Gasteiger partial charge < -0.3 is 14.9 Å². The molecule has 1 saturated heterocycles. The van der Waals surface area contributed by atoms with E-state index in [1.165, 1.54) is 11.1 Å². The molecule has 0 radical (unpaired) electrons. The van der Waals surface area contributed by atoms with Crippen molar-refractivity contribution < 1.29 is 14.9 Å². The van der Waals surface area contributed by atoms with Gasteiger partial charge in [0.1, 0.15) is 11.5 Å². The normalized spacial score (nSPS) is 15.3. The number of nitrogens with zero attached hydrogens (tertiary/aromatic N) is 1. The third kappa shape index (κ3) is 4.66. The summed E-state index contributed by atoms with van der Waals surface area (Å²) in [5.74, 6) is 1.59. The molecule has 1 heterocycles. The van der Waals surface area contributed by atoms with Gasteiger partial charge in [-0.15, -0.1) is 0 Å². The van der Waals surface area contributed by atoms with Crippen LogP contribution in [0.25, 0.3) is 11.1 Å². The number of aliphatic hydroxyl groups is 1. The number of benzene rings is 3. The minimum atomic E-state index is -0.0369. The lowest BCUT2D eigenvalue weighted by Crippen LogP contribution is -2.32. The molecule has 0 aromatic heterocycles. The van der Waals surface area contributed by atoms with Crippen LogP contribution in [0.3, 0.4) is 0 Å². The van der Waals surface area contributed by atoms with Crippen molar-refractivity contribution in [1.29, 1.82) is 0 Å². The summed E-state index contributed by atoms with van der Waals surface area (Å²) in [6, 6.07) is 22.3. The minimum Gasteiger partial charge on any atom is -0.508 e. The molecule has 0 atom stereocenters. The Morgan fingerprint density at radius 3 is 2.43 bits per heavy atom. The van der Waals surface area contributed by atoms with E-state index in [0.29, 0.717) is 17.4 Å². The number of aromatic hydroxyl groups is 1. The highest BCUT2D eigenvalue weighted by Crippen LogP contribution is 2.31. The van der Waals surface area contributed by atoms with E-state index in [-0.39, 0.29) is 6.61 Å². The van der Waals surface area contributed by atoms with Crippen LogP contribution in [0, 0.1) is 0 Å². The molecule has 0 unspecified atom stereocenters. The van der Waals surface area contributed by atoms with E-state index >= 15 is 0 Å². The van der Waals surface area contributed by atoms with Crippen LogP contribution in [0.5, 0.6) is 11.5 Å². The maximum absolute atomic E-state index is 9.74. The average Bonchev–Trinajstić information content (AvgIpc) is 2.79. The third-order valence-electron chi connectivity index (χ3n) is 6.05. The molecular formula is C26H29NO3. The summed E-state index contributed by atoms with van der Waals surface area (Å²) in [5.41, 5.74) is 5.58. The molecule has 3 aromatic carbocycles. The molecule has 0 amide bonds. The highest BCUT2D eigenvalue weighted by molar-refractivity contribution is 5.66. The topological polar surface area (TPSA) is 52.9 Å². The lowest BCUT2D eigenvalue weighted by molar-refractivity contribution is 0.204. The summed E-state index contributed by atoms with van der Waals surface area (Å²) >= 11 is 0. The summed E-state index contributed by atoms with van der Waals surface area (Å²) in [4.78, 5) is 2.51. The number of methoxy groups -OCH3 is 1. The van der Waals surface area contributed by atoms with Crippen molar-refractivity contribution in [3.63, 3.8) is 0 Å². The first kappa shape index (κ1) is 20.5. The van der Waals surface area contributed by atoms with E-state index in [9.17, 15) is 10.2 Å². The number of ether oxygens (including phenoxy) is 1. The largest absolute Gasteiger partial charge is 0.508 e. The molecule has 1 aliphatic rings. The predicted octanol–water partition coefficient (Wildman–Crippen LogP) is 4.94. The molecule has 2 N–H and O–H groups in total. The Bertz CT molecular complexity index is 993. The Hall–Kier alpha value is -2.82. The zero-order valence-corrected chi connectivity index (χ0v) is 17.4. The lowest BCUT2D eigenvalue weighted by atomic mass is 9.89. The zero-order valence-electron chi connectivity index (χ0n) is 17.4. The van der Waals surface area contributed by atoms with Gasteiger partial charge in [-0.3, -0.25) is 4.90 Å². The number of likely N-dealkylation sites (tertiary alicyclic amines) is 1. The first-order chi connectivity index (χ1) is 14.7. The van der Waals surface area contributed by atoms with Crippen molar-refractivity contribution in [2.75, 3.05) is 20.2 Å². The van der Waals surface area contributed by atoms with Crippen LogP contribution in [0.2, 0.25) is 0 Å². The van der Waals surface area contributed by atoms with Gasteiger partial charge in [0.05, 0.1) is 13.7 Å². The molecule has 156 valence electrons. The van der Waals surface area contributed by atoms with Gasteiger partial charge in [0.2, 0.25) is 0 Å². The highest BCUT2D eigenvalue weighted by Gasteiger charge is 2.21. The zero-order chi connectivity index (χ0) is 20.9. The molecular weight excluding hydrogens is 374 g/mol. The highest BCUT2D eigenvalue weighted by atomic mass is 16.5. The molecule has 0 spiro atoms. The molecule has 4 rings (SSSR count). The minimum absolute atomic E-state index is 0.0369. The van der Waals surface area contributed by atoms with Gasteiger partial charge in [-0.1, -0.05) is 36.4 Å². The molecule has 0 saturated carbocycles. The standard InChI is InChI=1S/C26H29NO3/c1-30-26-9-8-23(15-24(26)18-28)21-5-2-4-19(14-21)17-27-12-10-20(11-13-27)22-6-3-7-25(29)16-22/h2-9,14-16,20,28-29H,10-13,17-18H2,1H3. The van der Waals surface area contributed by atoms with Crippen LogP contribution in [0.4, 0.5) is 0 Å². The van der Waals surface area contributed by atoms with Gasteiger partial charge in [-0.05, 0) is 84.4 Å². The predicted molar refractivity (Wildman–Crippen MR) is 120 cm³/mol. The molecule has 4 heteroatoms. The second kappa shape index (κ2) is 9.33. The maximum atomic E-state index is 9.74. The van der Waals surface area contributed by atoms with Gasteiger partial charge in [0.15, 0.2) is 0 Å². The maximum Gasteiger partial charge on any atom is 0.124 e. The summed E-state index contributed by atoms with van der Waals surface area (Å²) in [7, 11) is 1.62. The van der Waals surface area contributed by atoms with Crippen LogP contribution in [0.15, 0.2) is 66.7 Å². The molecule has 30 heavy (non-hydrogen) atoms. The van der Waals surface area contributed by atoms with E-state index in [1.807, 2.05) is 30.3 Å². The number of phenols is 1. The fourth-order valence-corrected chi connectivity index (χ4v) is 4.39. The van der Waals surface area contributed by atoms with Gasteiger partial charge >= 0.3 is 0 Å². The number of phenolic OH excluding ortho intramolecular Hbond substituents is 1. The molecule has 0 bridgehead atoms. The number of aliphatic hydroxyl groups excluding tert-OH is 1. The molecule has 4 nitrogen and oxygen atoms in total. The number of piperidine rings is 1. The van der Waals surface area contributed by atoms with Crippen molar-refractivity contribution in [2.45, 2.75) is 31.9 Å². The Balaban J connectivity index is 1.42. The first-order valence-corrected chi connectivity index (χ1v) is 10.5. The average molecular weight is 404 g/mol. The van der Waals surface area contributed by atoms with E-state index in [4.69, 9.17) is 4.74 Å². The summed E-state index contributed by atoms with van der Waals surface area (Å²) in [6.07, 6.45) is 2.23. The van der Waals surface area contributed by atoms with Crippen molar-refractivity contribution in [3.05, 3.63) is 83.4 Å². The van der Waals surface area contributed by atoms with Gasteiger partial charge in [0, 0.05) is 12.1 Å². The molecule has 0 aliphatic carbocycles. The van der Waals surface area contributed by atoms with E-state index in [0.717, 1.165) is 49.2 Å². The SMILES string of the molecule is COc1ccc(-c2cccc(CN3CCC(c4cccc(O)c4)CC3)c2)cc1CO. The molecule has 3 aromatic rings. The van der Waals surface area contributed by atoms with E-state index < -0.39 is 0 Å². The fraction of sp³-hybridized carbons (Fsp3) is 0.308. The Morgan fingerprint density at radius 2 is 1.70 bits per heavy atom. The second-order valence-electron chi connectivity index (χ2n) is 8.03. The summed E-state index contributed by atoms with van der Waals surface area (Å²) in [5, 5.41) is 19.4. The van der Waals surface area contributed by atoms with Gasteiger partial charge in [-0.25, -0.2) is 0 Å². The van der Waals surface area contributed by atoms with Crippen LogP contribution in [0.1, 0.15) is 35.4 Å². The number of hydrogen-bond donors (Lipinski definition) is 2. The van der Waals surface area contributed by atoms with Crippen LogP contribution in [-0.2, 0) is 13.2 Å². The van der Waals surface area contributed by atoms with E-state index in [1.54, 1.807) is 13.2 Å². The molecule has 1 fully saturated rings. The summed E-state index contributed by atoms with van der Waals surface area (Å²) in [6.45, 7) is 3.01. The van der Waals surface area contributed by atoms with Gasteiger partial charge in [-0.2, -0.15) is 0 Å². The number of hydrogen-bond acceptors (Lipinski definition) is 4. The third-order valence-corrected chi connectivity index (χ3v) is 6.05. The van der Waals surface area contributed by atoms with Crippen LogP contribution in [-0.4, -0.2) is 35.3 Å². The van der Waals surface area contributed by atoms with Crippen molar-refractivity contribution in [1.82, 2.24) is 4.90 Å². The monoisotopic (exact) mass is 403 g/mol. The quantitative estimate of drug-likeness (QED) is 0.612.